The first-order valence-corrected chi connectivity index (χ1v) is 6.36. The Morgan fingerprint density at radius 2 is 1.90 bits per heavy atom. The Morgan fingerprint density at radius 3 is 2.55 bits per heavy atom. The van der Waals surface area contributed by atoms with Crippen molar-refractivity contribution in [1.29, 1.82) is 0 Å². The molecule has 20 heavy (non-hydrogen) atoms. The number of aromatic amines is 1. The Bertz CT molecular complexity index is 809. The number of rotatable bonds is 2. The maximum atomic E-state index is 11.1. The molecule has 0 spiro atoms. The zero-order chi connectivity index (χ0) is 14.3. The average Bonchev–Trinajstić information content (AvgIpc) is 2.81. The van der Waals surface area contributed by atoms with Gasteiger partial charge < -0.3 is 10.1 Å². The van der Waals surface area contributed by atoms with Crippen molar-refractivity contribution in [2.75, 3.05) is 0 Å². The second-order valence-corrected chi connectivity index (χ2v) is 4.86. The normalized spacial score (nSPS) is 10.9. The lowest BCUT2D eigenvalue weighted by Gasteiger charge is -2.02. The van der Waals surface area contributed by atoms with Crippen molar-refractivity contribution < 1.29 is 9.90 Å². The van der Waals surface area contributed by atoms with E-state index in [2.05, 4.69) is 15.0 Å². The molecule has 0 radical (unpaired) electrons. The first-order chi connectivity index (χ1) is 9.58. The zero-order valence-electron chi connectivity index (χ0n) is 9.89. The molecule has 2 heterocycles. The maximum Gasteiger partial charge on any atom is 0.356 e. The summed E-state index contributed by atoms with van der Waals surface area (Å²) in [5.74, 6) is -0.731. The van der Waals surface area contributed by atoms with Gasteiger partial charge in [-0.25, -0.2) is 14.8 Å². The number of benzene rings is 1. The van der Waals surface area contributed by atoms with Gasteiger partial charge in [0.1, 0.15) is 11.3 Å². The van der Waals surface area contributed by atoms with Crippen molar-refractivity contribution in [1.82, 2.24) is 15.0 Å². The third kappa shape index (κ3) is 2.01. The van der Waals surface area contributed by atoms with Gasteiger partial charge in [0.15, 0.2) is 5.69 Å². The number of nitrogens with one attached hydrogen (secondary N) is 1. The highest BCUT2D eigenvalue weighted by molar-refractivity contribution is 6.39. The van der Waals surface area contributed by atoms with Crippen LogP contribution in [0.1, 0.15) is 10.5 Å². The Morgan fingerprint density at radius 1 is 1.20 bits per heavy atom. The smallest absolute Gasteiger partial charge is 0.356 e. The van der Waals surface area contributed by atoms with Gasteiger partial charge in [-0.2, -0.15) is 0 Å². The SMILES string of the molecule is O=C(O)c1nccc2[nH]c(-c3c(Cl)cccc3Cl)nc12. The van der Waals surface area contributed by atoms with Gasteiger partial charge >= 0.3 is 5.97 Å². The largest absolute Gasteiger partial charge is 0.476 e. The molecule has 0 atom stereocenters. The van der Waals surface area contributed by atoms with Crippen molar-refractivity contribution in [3.8, 4) is 11.4 Å². The molecular weight excluding hydrogens is 301 g/mol. The third-order valence-corrected chi connectivity index (χ3v) is 3.43. The Kier molecular flexibility index (Phi) is 3.08. The van der Waals surface area contributed by atoms with Gasteiger partial charge in [-0.05, 0) is 18.2 Å². The number of fused-ring (bicyclic) bond motifs is 1. The highest BCUT2D eigenvalue weighted by Gasteiger charge is 2.17. The van der Waals surface area contributed by atoms with Crippen LogP contribution in [0.3, 0.4) is 0 Å². The fourth-order valence-corrected chi connectivity index (χ4v) is 2.51. The van der Waals surface area contributed by atoms with E-state index in [1.54, 1.807) is 24.3 Å². The van der Waals surface area contributed by atoms with Crippen LogP contribution >= 0.6 is 23.2 Å². The molecule has 3 aromatic rings. The molecule has 0 amide bonds. The molecule has 0 fully saturated rings. The number of aromatic carboxylic acids is 1. The molecule has 0 saturated carbocycles. The third-order valence-electron chi connectivity index (χ3n) is 2.80. The van der Waals surface area contributed by atoms with Gasteiger partial charge in [0, 0.05) is 6.20 Å². The number of carboxylic acids is 1. The Labute approximate surface area is 123 Å². The standard InChI is InChI=1S/C13H7Cl2N3O2/c14-6-2-1-3-7(15)9(6)12-17-8-4-5-16-11(13(19)20)10(8)18-12/h1-5H,(H,17,18)(H,19,20). The number of hydrogen-bond donors (Lipinski definition) is 2. The quantitative estimate of drug-likeness (QED) is 0.757. The van der Waals surface area contributed by atoms with Gasteiger partial charge in [-0.3, -0.25) is 0 Å². The molecule has 2 N–H and O–H groups in total. The van der Waals surface area contributed by atoms with Gasteiger partial charge in [0.25, 0.3) is 0 Å². The number of carboxylic acid groups (broad SMARTS) is 1. The summed E-state index contributed by atoms with van der Waals surface area (Å²) in [7, 11) is 0. The van der Waals surface area contributed by atoms with Crippen LogP contribution in [0.2, 0.25) is 10.0 Å². The fourth-order valence-electron chi connectivity index (χ4n) is 1.93. The molecule has 3 rings (SSSR count). The van der Waals surface area contributed by atoms with E-state index < -0.39 is 5.97 Å². The van der Waals surface area contributed by atoms with Crippen LogP contribution in [-0.4, -0.2) is 26.0 Å². The molecule has 0 saturated heterocycles. The van der Waals surface area contributed by atoms with E-state index in [4.69, 9.17) is 28.3 Å². The summed E-state index contributed by atoms with van der Waals surface area (Å²) < 4.78 is 0. The predicted octanol–water partition coefficient (Wildman–Crippen LogP) is 3.63. The average molecular weight is 308 g/mol. The topological polar surface area (TPSA) is 78.9 Å². The minimum atomic E-state index is -1.14. The van der Waals surface area contributed by atoms with E-state index in [9.17, 15) is 4.79 Å². The van der Waals surface area contributed by atoms with Crippen LogP contribution in [-0.2, 0) is 0 Å². The molecule has 0 unspecified atom stereocenters. The maximum absolute atomic E-state index is 11.1. The predicted molar refractivity (Wildman–Crippen MR) is 76.3 cm³/mol. The molecule has 0 aliphatic heterocycles. The Balaban J connectivity index is 2.29. The van der Waals surface area contributed by atoms with E-state index in [1.807, 2.05) is 0 Å². The van der Waals surface area contributed by atoms with Crippen LogP contribution in [0.4, 0.5) is 0 Å². The summed E-state index contributed by atoms with van der Waals surface area (Å²) in [4.78, 5) is 22.2. The minimum Gasteiger partial charge on any atom is -0.476 e. The van der Waals surface area contributed by atoms with Crippen LogP contribution in [0, 0.1) is 0 Å². The van der Waals surface area contributed by atoms with Crippen molar-refractivity contribution in [3.63, 3.8) is 0 Å². The van der Waals surface area contributed by atoms with Crippen LogP contribution in [0.25, 0.3) is 22.4 Å². The van der Waals surface area contributed by atoms with Crippen molar-refractivity contribution in [2.45, 2.75) is 0 Å². The molecule has 5 nitrogen and oxygen atoms in total. The molecule has 0 aliphatic carbocycles. The molecule has 100 valence electrons. The lowest BCUT2D eigenvalue weighted by Crippen LogP contribution is -2.00. The number of halogens is 2. The summed E-state index contributed by atoms with van der Waals surface area (Å²) >= 11 is 12.2. The van der Waals surface area contributed by atoms with Gasteiger partial charge in [0.05, 0.1) is 21.1 Å². The lowest BCUT2D eigenvalue weighted by atomic mass is 10.2. The molecule has 0 aliphatic rings. The summed E-state index contributed by atoms with van der Waals surface area (Å²) in [5.41, 5.74) is 1.24. The van der Waals surface area contributed by atoms with Crippen LogP contribution in [0.15, 0.2) is 30.5 Å². The lowest BCUT2D eigenvalue weighted by molar-refractivity contribution is 0.0692. The second kappa shape index (κ2) is 4.77. The minimum absolute atomic E-state index is 0.117. The van der Waals surface area contributed by atoms with Crippen molar-refractivity contribution >= 4 is 40.2 Å². The van der Waals surface area contributed by atoms with E-state index in [1.165, 1.54) is 6.20 Å². The van der Waals surface area contributed by atoms with Gasteiger partial charge in [0.2, 0.25) is 0 Å². The van der Waals surface area contributed by atoms with Crippen LogP contribution < -0.4 is 0 Å². The van der Waals surface area contributed by atoms with E-state index in [0.717, 1.165) is 0 Å². The number of aromatic nitrogens is 3. The summed E-state index contributed by atoms with van der Waals surface area (Å²) in [5, 5.41) is 9.97. The second-order valence-electron chi connectivity index (χ2n) is 4.04. The number of H-pyrrole nitrogens is 1. The number of nitrogens with zero attached hydrogens (tertiary/aromatic N) is 2. The van der Waals surface area contributed by atoms with Gasteiger partial charge in [-0.15, -0.1) is 0 Å². The highest BCUT2D eigenvalue weighted by atomic mass is 35.5. The number of hydrogen-bond acceptors (Lipinski definition) is 3. The monoisotopic (exact) mass is 307 g/mol. The number of imidazole rings is 1. The zero-order valence-corrected chi connectivity index (χ0v) is 11.4. The molecule has 0 bridgehead atoms. The van der Waals surface area contributed by atoms with E-state index in [-0.39, 0.29) is 11.2 Å². The van der Waals surface area contributed by atoms with E-state index >= 15 is 0 Å². The Hall–Kier alpha value is -2.11. The summed E-state index contributed by atoms with van der Waals surface area (Å²) in [6, 6.07) is 6.74. The summed E-state index contributed by atoms with van der Waals surface area (Å²) in [6.07, 6.45) is 1.40. The van der Waals surface area contributed by atoms with Gasteiger partial charge in [-0.1, -0.05) is 29.3 Å². The highest BCUT2D eigenvalue weighted by Crippen LogP contribution is 2.34. The number of pyridine rings is 1. The van der Waals surface area contributed by atoms with Crippen molar-refractivity contribution in [2.24, 2.45) is 0 Å². The molecule has 2 aromatic heterocycles. The first-order valence-electron chi connectivity index (χ1n) is 5.60. The fraction of sp³-hybridized carbons (Fsp3) is 0. The molecule has 7 heteroatoms. The summed E-state index contributed by atoms with van der Waals surface area (Å²) in [6.45, 7) is 0. The first kappa shape index (κ1) is 12.9. The van der Waals surface area contributed by atoms with Crippen molar-refractivity contribution in [3.05, 3.63) is 46.2 Å². The molecular formula is C13H7Cl2N3O2. The van der Waals surface area contributed by atoms with Crippen LogP contribution in [0.5, 0.6) is 0 Å². The van der Waals surface area contributed by atoms with E-state index in [0.29, 0.717) is 26.9 Å². The number of carbonyl (C=O) groups is 1. The molecule has 1 aromatic carbocycles.